The number of ether oxygens (including phenoxy) is 1. The zero-order chi connectivity index (χ0) is 28.3. The lowest BCUT2D eigenvalue weighted by atomic mass is 10.1. The molecule has 6 heteroatoms. The summed E-state index contributed by atoms with van der Waals surface area (Å²) in [5.74, 6) is 0.769. The normalized spacial score (nSPS) is 12.2. The zero-order valence-electron chi connectivity index (χ0n) is 23.5. The summed E-state index contributed by atoms with van der Waals surface area (Å²) in [5.41, 5.74) is 0.982. The average Bonchev–Trinajstić information content (AvgIpc) is 2.99. The summed E-state index contributed by atoms with van der Waals surface area (Å²) in [5, 5.41) is 0. The first-order chi connectivity index (χ1) is 19.5. The van der Waals surface area contributed by atoms with Gasteiger partial charge in [0.1, 0.15) is 5.75 Å². The van der Waals surface area contributed by atoms with Crippen LogP contribution in [-0.2, 0) is 13.7 Å². The lowest BCUT2D eigenvalue weighted by Crippen LogP contribution is -2.14. The fraction of sp³-hybridized carbons (Fsp3) is 0.294. The summed E-state index contributed by atoms with van der Waals surface area (Å²) in [6, 6.07) is 33.8. The van der Waals surface area contributed by atoms with Gasteiger partial charge in [-0.25, -0.2) is 3.63 Å². The number of unbranched alkanes of at least 4 members (excludes halogenated alkanes) is 6. The number of benzene rings is 4. The molecule has 4 rings (SSSR count). The first-order valence-corrected chi connectivity index (χ1v) is 17.1. The maximum atomic E-state index is 13.8. The van der Waals surface area contributed by atoms with Gasteiger partial charge in [-0.1, -0.05) is 99.5 Å². The predicted octanol–water partition coefficient (Wildman–Crippen LogP) is 9.73. The third-order valence-corrected chi connectivity index (χ3v) is 12.0. The highest BCUT2D eigenvalue weighted by molar-refractivity contribution is 8.33. The molecule has 0 unspecified atom stereocenters. The van der Waals surface area contributed by atoms with Gasteiger partial charge in [-0.2, -0.15) is 8.42 Å². The molecule has 0 amide bonds. The van der Waals surface area contributed by atoms with Crippen molar-refractivity contribution in [1.29, 1.82) is 0 Å². The molecule has 0 atom stereocenters. The fourth-order valence-electron chi connectivity index (χ4n) is 4.61. The molecule has 0 saturated carbocycles. The maximum Gasteiger partial charge on any atom is 0.307 e. The molecule has 4 aromatic carbocycles. The van der Waals surface area contributed by atoms with Crippen molar-refractivity contribution in [2.45, 2.75) is 78.4 Å². The molecule has 0 aliphatic rings. The number of rotatable bonds is 15. The molecular formula is C34H40O4S2. The molecule has 0 heterocycles. The van der Waals surface area contributed by atoms with E-state index in [1.54, 1.807) is 24.3 Å². The Balaban J connectivity index is 1.65. The molecule has 0 aliphatic carbocycles. The van der Waals surface area contributed by atoms with Crippen LogP contribution in [0.15, 0.2) is 129 Å². The Hall–Kier alpha value is -3.06. The van der Waals surface area contributed by atoms with Gasteiger partial charge in [-0.05, 0) is 84.3 Å². The topological polar surface area (TPSA) is 52.6 Å². The van der Waals surface area contributed by atoms with E-state index in [4.69, 9.17) is 8.37 Å². The van der Waals surface area contributed by atoms with E-state index in [2.05, 4.69) is 6.92 Å². The highest BCUT2D eigenvalue weighted by Crippen LogP contribution is 2.70. The van der Waals surface area contributed by atoms with Crippen molar-refractivity contribution in [3.63, 3.8) is 0 Å². The summed E-state index contributed by atoms with van der Waals surface area (Å²) < 4.78 is 40.1. The van der Waals surface area contributed by atoms with Crippen molar-refractivity contribution in [1.82, 2.24) is 0 Å². The molecule has 0 aromatic heterocycles. The molecule has 0 N–H and O–H groups in total. The van der Waals surface area contributed by atoms with Crippen molar-refractivity contribution in [2.24, 2.45) is 0 Å². The molecule has 0 saturated heterocycles. The molecule has 0 bridgehead atoms. The first-order valence-electron chi connectivity index (χ1n) is 14.1. The Morgan fingerprint density at radius 3 is 1.57 bits per heavy atom. The van der Waals surface area contributed by atoms with E-state index < -0.39 is 20.4 Å². The summed E-state index contributed by atoms with van der Waals surface area (Å²) in [4.78, 5) is 2.52. The molecule has 40 heavy (non-hydrogen) atoms. The van der Waals surface area contributed by atoms with Crippen LogP contribution in [0.4, 0.5) is 0 Å². The monoisotopic (exact) mass is 576 g/mol. The second kappa shape index (κ2) is 14.5. The van der Waals surface area contributed by atoms with Crippen molar-refractivity contribution in [2.75, 3.05) is 6.61 Å². The van der Waals surface area contributed by atoms with Gasteiger partial charge in [0.15, 0.2) is 0 Å². The second-order valence-corrected chi connectivity index (χ2v) is 14.4. The SMILES string of the molecule is CCCCCCCCCOc1ccc(S(OS(=O)(=O)c2ccc(C)cc2)(c2ccccc2)c2ccccc2)cc1. The van der Waals surface area contributed by atoms with E-state index in [-0.39, 0.29) is 4.90 Å². The van der Waals surface area contributed by atoms with Crippen LogP contribution in [-0.4, -0.2) is 15.0 Å². The molecular weight excluding hydrogens is 537 g/mol. The van der Waals surface area contributed by atoms with Gasteiger partial charge >= 0.3 is 10.1 Å². The van der Waals surface area contributed by atoms with Gasteiger partial charge in [-0.15, -0.1) is 0 Å². The van der Waals surface area contributed by atoms with Crippen molar-refractivity contribution >= 4 is 20.4 Å². The summed E-state index contributed by atoms with van der Waals surface area (Å²) in [7, 11) is -6.76. The van der Waals surface area contributed by atoms with Gasteiger partial charge in [0.2, 0.25) is 0 Å². The van der Waals surface area contributed by atoms with Crippen LogP contribution in [0, 0.1) is 6.92 Å². The highest BCUT2D eigenvalue weighted by atomic mass is 32.3. The highest BCUT2D eigenvalue weighted by Gasteiger charge is 2.38. The molecule has 0 radical (unpaired) electrons. The largest absolute Gasteiger partial charge is 0.494 e. The number of hydrogen-bond donors (Lipinski definition) is 0. The third kappa shape index (κ3) is 7.57. The average molecular weight is 577 g/mol. The van der Waals surface area contributed by atoms with Crippen molar-refractivity contribution in [3.05, 3.63) is 115 Å². The van der Waals surface area contributed by atoms with Crippen LogP contribution in [0.25, 0.3) is 0 Å². The zero-order valence-corrected chi connectivity index (χ0v) is 25.1. The predicted molar refractivity (Wildman–Crippen MR) is 165 cm³/mol. The lowest BCUT2D eigenvalue weighted by molar-refractivity contribution is 0.304. The van der Waals surface area contributed by atoms with Gasteiger partial charge < -0.3 is 4.74 Å². The maximum absolute atomic E-state index is 13.8. The minimum atomic E-state index is -4.11. The minimum Gasteiger partial charge on any atom is -0.494 e. The molecule has 212 valence electrons. The lowest BCUT2D eigenvalue weighted by Gasteiger charge is -2.39. The van der Waals surface area contributed by atoms with Crippen LogP contribution >= 0.6 is 10.3 Å². The van der Waals surface area contributed by atoms with E-state index in [0.717, 1.165) is 32.4 Å². The van der Waals surface area contributed by atoms with E-state index in [0.29, 0.717) is 6.61 Å². The Bertz CT molecular complexity index is 1360. The van der Waals surface area contributed by atoms with Crippen LogP contribution in [0.3, 0.4) is 0 Å². The van der Waals surface area contributed by atoms with Crippen LogP contribution in [0.2, 0.25) is 0 Å². The smallest absolute Gasteiger partial charge is 0.307 e. The Kier molecular flexibility index (Phi) is 10.9. The van der Waals surface area contributed by atoms with Gasteiger partial charge in [-0.3, -0.25) is 0 Å². The van der Waals surface area contributed by atoms with E-state index in [1.165, 1.54) is 38.5 Å². The molecule has 4 nitrogen and oxygen atoms in total. The Labute approximate surface area is 242 Å². The van der Waals surface area contributed by atoms with Crippen molar-refractivity contribution in [3.8, 4) is 5.75 Å². The quantitative estimate of drug-likeness (QED) is 0.132. The van der Waals surface area contributed by atoms with Crippen molar-refractivity contribution < 1.29 is 16.8 Å². The third-order valence-electron chi connectivity index (χ3n) is 6.82. The first kappa shape index (κ1) is 29.9. The molecule has 4 aromatic rings. The van der Waals surface area contributed by atoms with Gasteiger partial charge in [0, 0.05) is 14.7 Å². The van der Waals surface area contributed by atoms with E-state index in [1.807, 2.05) is 91.9 Å². The number of aryl methyl sites for hydroxylation is 1. The van der Waals surface area contributed by atoms with Gasteiger partial charge in [0.05, 0.1) is 11.5 Å². The second-order valence-electron chi connectivity index (χ2n) is 9.96. The summed E-state index contributed by atoms with van der Waals surface area (Å²) >= 11 is 0. The van der Waals surface area contributed by atoms with Crippen LogP contribution in [0.5, 0.6) is 5.75 Å². The Morgan fingerprint density at radius 1 is 0.550 bits per heavy atom. The molecule has 0 fully saturated rings. The molecule has 0 aliphatic heterocycles. The van der Waals surface area contributed by atoms with Crippen LogP contribution in [0.1, 0.15) is 57.4 Å². The summed E-state index contributed by atoms with van der Waals surface area (Å²) in [6.45, 7) is 4.83. The van der Waals surface area contributed by atoms with Gasteiger partial charge in [0.25, 0.3) is 0 Å². The van der Waals surface area contributed by atoms with Crippen LogP contribution < -0.4 is 4.74 Å². The van der Waals surface area contributed by atoms with E-state index >= 15 is 0 Å². The van der Waals surface area contributed by atoms with E-state index in [9.17, 15) is 8.42 Å². The fourth-order valence-corrected chi connectivity index (χ4v) is 9.82. The standard InChI is InChI=1S/C34H40O4S2/c1-3-4-5-6-7-8-15-28-37-30-22-26-33(27-23-30)39(31-16-11-9-12-17-31,32-18-13-10-14-19-32)38-40(35,36)34-24-20-29(2)21-25-34/h9-14,16-27H,3-8,15,28H2,1-2H3. The minimum absolute atomic E-state index is 0.136. The summed E-state index contributed by atoms with van der Waals surface area (Å²) in [6.07, 6.45) is 8.62. The Morgan fingerprint density at radius 2 is 1.02 bits per heavy atom. The molecule has 0 spiro atoms. The number of hydrogen-bond acceptors (Lipinski definition) is 4.